The van der Waals surface area contributed by atoms with Crippen molar-refractivity contribution in [3.63, 3.8) is 0 Å². The van der Waals surface area contributed by atoms with Crippen LogP contribution in [-0.2, 0) is 0 Å². The van der Waals surface area contributed by atoms with E-state index in [0.717, 1.165) is 33.6 Å². The number of aromatic hydroxyl groups is 1. The minimum Gasteiger partial charge on any atom is -0.493 e. The molecule has 0 bridgehead atoms. The van der Waals surface area contributed by atoms with E-state index in [2.05, 4.69) is 4.99 Å². The summed E-state index contributed by atoms with van der Waals surface area (Å²) in [7, 11) is 0. The van der Waals surface area contributed by atoms with Gasteiger partial charge in [-0.25, -0.2) is 4.98 Å². The average Bonchev–Trinajstić information content (AvgIpc) is 3.31. The van der Waals surface area contributed by atoms with Gasteiger partial charge in [0, 0.05) is 22.9 Å². The van der Waals surface area contributed by atoms with E-state index in [-0.39, 0.29) is 5.88 Å². The van der Waals surface area contributed by atoms with E-state index in [1.807, 2.05) is 85.8 Å². The number of aromatic nitrogens is 2. The molecule has 0 saturated heterocycles. The van der Waals surface area contributed by atoms with Crippen LogP contribution >= 0.6 is 11.6 Å². The maximum Gasteiger partial charge on any atom is 0.224 e. The van der Waals surface area contributed by atoms with Crippen molar-refractivity contribution in [2.45, 2.75) is 6.92 Å². The molecule has 4 nitrogen and oxygen atoms in total. The smallest absolute Gasteiger partial charge is 0.224 e. The Balaban J connectivity index is 1.72. The summed E-state index contributed by atoms with van der Waals surface area (Å²) in [5.41, 5.74) is 5.99. The number of rotatable bonds is 3. The molecule has 0 aliphatic carbocycles. The predicted molar refractivity (Wildman–Crippen MR) is 123 cm³/mol. The van der Waals surface area contributed by atoms with Crippen molar-refractivity contribution in [2.24, 2.45) is 4.99 Å². The van der Waals surface area contributed by atoms with Crippen LogP contribution in [0, 0.1) is 6.92 Å². The van der Waals surface area contributed by atoms with Gasteiger partial charge in [0.25, 0.3) is 0 Å². The van der Waals surface area contributed by atoms with Crippen molar-refractivity contribution >= 4 is 35.2 Å². The first-order valence-corrected chi connectivity index (χ1v) is 9.98. The molecular weight excluding hydrogens is 394 g/mol. The van der Waals surface area contributed by atoms with E-state index in [4.69, 9.17) is 16.6 Å². The van der Waals surface area contributed by atoms with Gasteiger partial charge in [-0.1, -0.05) is 59.6 Å². The van der Waals surface area contributed by atoms with Crippen molar-refractivity contribution in [1.29, 1.82) is 0 Å². The van der Waals surface area contributed by atoms with Gasteiger partial charge in [0.1, 0.15) is 11.5 Å². The molecular formula is C25H18ClN3O. The Morgan fingerprint density at radius 3 is 2.37 bits per heavy atom. The van der Waals surface area contributed by atoms with Gasteiger partial charge in [0.05, 0.1) is 16.4 Å². The van der Waals surface area contributed by atoms with Crippen LogP contribution < -0.4 is 0 Å². The van der Waals surface area contributed by atoms with E-state index in [9.17, 15) is 5.11 Å². The lowest BCUT2D eigenvalue weighted by atomic mass is 10.1. The molecule has 30 heavy (non-hydrogen) atoms. The summed E-state index contributed by atoms with van der Waals surface area (Å²) >= 11 is 6.47. The van der Waals surface area contributed by atoms with Crippen molar-refractivity contribution in [3.05, 3.63) is 94.6 Å². The van der Waals surface area contributed by atoms with Crippen LogP contribution in [0.4, 0.5) is 5.69 Å². The van der Waals surface area contributed by atoms with Crippen molar-refractivity contribution in [2.75, 3.05) is 0 Å². The molecule has 0 saturated carbocycles. The molecule has 0 atom stereocenters. The highest BCUT2D eigenvalue weighted by Gasteiger charge is 2.21. The van der Waals surface area contributed by atoms with Gasteiger partial charge >= 0.3 is 0 Å². The number of imidazole rings is 1. The fraction of sp³-hybridized carbons (Fsp3) is 0.0400. The van der Waals surface area contributed by atoms with Crippen LogP contribution in [0.1, 0.15) is 16.8 Å². The third-order valence-corrected chi connectivity index (χ3v) is 5.47. The number of aryl methyl sites for hydroxylation is 1. The summed E-state index contributed by atoms with van der Waals surface area (Å²) in [6, 6.07) is 23.3. The highest BCUT2D eigenvalue weighted by Crippen LogP contribution is 2.37. The lowest BCUT2D eigenvalue weighted by Gasteiger charge is -2.10. The Hall–Kier alpha value is -3.63. The van der Waals surface area contributed by atoms with Crippen LogP contribution in [0.25, 0.3) is 28.7 Å². The Bertz CT molecular complexity index is 1320. The summed E-state index contributed by atoms with van der Waals surface area (Å²) in [6.07, 6.45) is 3.65. The molecule has 4 aromatic rings. The number of hydrogen-bond acceptors (Lipinski definition) is 3. The molecule has 1 aliphatic heterocycles. The van der Waals surface area contributed by atoms with Gasteiger partial charge in [0.2, 0.25) is 5.88 Å². The van der Waals surface area contributed by atoms with Crippen molar-refractivity contribution in [1.82, 2.24) is 9.55 Å². The van der Waals surface area contributed by atoms with E-state index in [1.54, 1.807) is 10.8 Å². The second-order valence-electron chi connectivity index (χ2n) is 7.17. The standard InChI is InChI=1S/C25H18ClN3O/c1-16-10-12-18(13-11-16)29-24(20-7-2-4-8-21(20)26)28-23(25(29)30)14-17-15-27-22-9-5-3-6-19(17)22/h2-15,30H,1H3/b17-14+. The van der Waals surface area contributed by atoms with Crippen molar-refractivity contribution in [3.8, 4) is 23.0 Å². The molecule has 2 heterocycles. The maximum absolute atomic E-state index is 11.2. The first kappa shape index (κ1) is 18.4. The Kier molecular flexibility index (Phi) is 4.49. The maximum atomic E-state index is 11.2. The molecule has 146 valence electrons. The fourth-order valence-electron chi connectivity index (χ4n) is 3.59. The first-order valence-electron chi connectivity index (χ1n) is 9.60. The van der Waals surface area contributed by atoms with Crippen molar-refractivity contribution < 1.29 is 5.11 Å². The summed E-state index contributed by atoms with van der Waals surface area (Å²) < 4.78 is 1.73. The minimum absolute atomic E-state index is 0.0547. The molecule has 0 fully saturated rings. The molecule has 1 aromatic heterocycles. The van der Waals surface area contributed by atoms with Gasteiger partial charge in [-0.3, -0.25) is 9.56 Å². The Morgan fingerprint density at radius 1 is 0.900 bits per heavy atom. The third kappa shape index (κ3) is 3.11. The number of nitrogens with zero attached hydrogens (tertiary/aromatic N) is 3. The van der Waals surface area contributed by atoms with Crippen LogP contribution in [-0.4, -0.2) is 20.9 Å². The molecule has 5 rings (SSSR count). The molecule has 0 unspecified atom stereocenters. The lowest BCUT2D eigenvalue weighted by Crippen LogP contribution is -1.97. The predicted octanol–water partition coefficient (Wildman–Crippen LogP) is 6.46. The zero-order valence-electron chi connectivity index (χ0n) is 16.2. The molecule has 0 spiro atoms. The summed E-state index contributed by atoms with van der Waals surface area (Å²) in [4.78, 5) is 9.21. The zero-order valence-corrected chi connectivity index (χ0v) is 17.0. The van der Waals surface area contributed by atoms with Gasteiger partial charge in [-0.05, 0) is 43.3 Å². The number of para-hydroxylation sites is 1. The van der Waals surface area contributed by atoms with E-state index in [1.165, 1.54) is 0 Å². The SMILES string of the molecule is Cc1ccc(-n2c(-c3ccccc3Cl)nc(/C=C3\C=Nc4ccccc43)c2O)cc1. The molecule has 0 radical (unpaired) electrons. The molecule has 0 amide bonds. The van der Waals surface area contributed by atoms with Gasteiger partial charge in [-0.15, -0.1) is 0 Å². The number of fused-ring (bicyclic) bond motifs is 1. The lowest BCUT2D eigenvalue weighted by molar-refractivity contribution is 0.442. The monoisotopic (exact) mass is 411 g/mol. The van der Waals surface area contributed by atoms with Crippen LogP contribution in [0.15, 0.2) is 77.8 Å². The summed E-state index contributed by atoms with van der Waals surface area (Å²) in [6.45, 7) is 2.03. The average molecular weight is 412 g/mol. The van der Waals surface area contributed by atoms with Crippen LogP contribution in [0.3, 0.4) is 0 Å². The van der Waals surface area contributed by atoms with Gasteiger partial charge in [-0.2, -0.15) is 0 Å². The quantitative estimate of drug-likeness (QED) is 0.420. The normalized spacial score (nSPS) is 13.7. The van der Waals surface area contributed by atoms with Gasteiger partial charge < -0.3 is 5.11 Å². The zero-order chi connectivity index (χ0) is 20.7. The van der Waals surface area contributed by atoms with E-state index < -0.39 is 0 Å². The molecule has 5 heteroatoms. The Labute approximate surface area is 179 Å². The number of allylic oxidation sites excluding steroid dienone is 1. The first-order chi connectivity index (χ1) is 14.6. The van der Waals surface area contributed by atoms with Crippen LogP contribution in [0.5, 0.6) is 5.88 Å². The minimum atomic E-state index is 0.0547. The van der Waals surface area contributed by atoms with Crippen LogP contribution in [0.2, 0.25) is 5.02 Å². The highest BCUT2D eigenvalue weighted by atomic mass is 35.5. The van der Waals surface area contributed by atoms with E-state index in [0.29, 0.717) is 16.5 Å². The number of benzene rings is 3. The largest absolute Gasteiger partial charge is 0.493 e. The third-order valence-electron chi connectivity index (χ3n) is 5.14. The van der Waals surface area contributed by atoms with Gasteiger partial charge in [0.15, 0.2) is 0 Å². The summed E-state index contributed by atoms with van der Waals surface area (Å²) in [5.74, 6) is 0.635. The second kappa shape index (κ2) is 7.32. The summed E-state index contributed by atoms with van der Waals surface area (Å²) in [5, 5.41) is 11.7. The highest BCUT2D eigenvalue weighted by molar-refractivity contribution is 6.33. The number of halogens is 1. The second-order valence-corrected chi connectivity index (χ2v) is 7.58. The number of aliphatic imine (C=N–C) groups is 1. The topological polar surface area (TPSA) is 50.4 Å². The fourth-order valence-corrected chi connectivity index (χ4v) is 3.81. The Morgan fingerprint density at radius 2 is 1.60 bits per heavy atom. The van der Waals surface area contributed by atoms with E-state index >= 15 is 0 Å². The molecule has 3 aromatic carbocycles. The number of hydrogen-bond donors (Lipinski definition) is 1. The molecule has 1 aliphatic rings. The molecule has 1 N–H and O–H groups in total.